The lowest BCUT2D eigenvalue weighted by molar-refractivity contribution is 0.0330. The van der Waals surface area contributed by atoms with Crippen LogP contribution in [0.4, 0.5) is 16.2 Å². The van der Waals surface area contributed by atoms with Crippen LogP contribution in [0.25, 0.3) is 10.8 Å². The summed E-state index contributed by atoms with van der Waals surface area (Å²) in [5, 5.41) is 17.8. The van der Waals surface area contributed by atoms with Crippen LogP contribution < -0.4 is 15.4 Å². The van der Waals surface area contributed by atoms with Crippen LogP contribution in [0.3, 0.4) is 0 Å². The quantitative estimate of drug-likeness (QED) is 0.298. The molecule has 8 nitrogen and oxygen atoms in total. The SMILES string of the molecule is C[C@@H]1CN([C@@H](C)CO)C(=O)c2cc(NC(=O)Nc3cccc4ccccc34)ccc2O[C@H]1CN(C)CC1CCCCC1. The molecule has 1 saturated carbocycles. The number of aliphatic hydroxyl groups excluding tert-OH is 1. The van der Waals surface area contributed by atoms with Crippen LogP contribution in [0.15, 0.2) is 60.7 Å². The van der Waals surface area contributed by atoms with E-state index in [1.165, 1.54) is 32.1 Å². The third-order valence-corrected chi connectivity index (χ3v) is 8.75. The van der Waals surface area contributed by atoms with E-state index in [1.54, 1.807) is 23.1 Å². The Morgan fingerprint density at radius 2 is 1.81 bits per heavy atom. The molecule has 8 heteroatoms. The van der Waals surface area contributed by atoms with Crippen LogP contribution in [0, 0.1) is 11.8 Å². The maximum Gasteiger partial charge on any atom is 0.323 e. The third-order valence-electron chi connectivity index (χ3n) is 8.75. The Hall–Kier alpha value is -3.62. The summed E-state index contributed by atoms with van der Waals surface area (Å²) < 4.78 is 6.56. The summed E-state index contributed by atoms with van der Waals surface area (Å²) in [5.74, 6) is 1.07. The van der Waals surface area contributed by atoms with Gasteiger partial charge in [-0.15, -0.1) is 0 Å². The molecule has 0 spiro atoms. The number of likely N-dealkylation sites (N-methyl/N-ethyl adjacent to an activating group) is 1. The number of anilines is 2. The number of amides is 3. The average Bonchev–Trinajstić information content (AvgIpc) is 2.99. The van der Waals surface area contributed by atoms with E-state index in [4.69, 9.17) is 4.74 Å². The van der Waals surface area contributed by atoms with Gasteiger partial charge >= 0.3 is 6.03 Å². The predicted octanol–water partition coefficient (Wildman–Crippen LogP) is 6.22. The smallest absolute Gasteiger partial charge is 0.323 e. The molecule has 0 bridgehead atoms. The first-order chi connectivity index (χ1) is 20.3. The van der Waals surface area contributed by atoms with Crippen LogP contribution in [0.1, 0.15) is 56.3 Å². The van der Waals surface area contributed by atoms with Gasteiger partial charge in [-0.1, -0.05) is 62.6 Å². The van der Waals surface area contributed by atoms with E-state index in [0.29, 0.717) is 29.2 Å². The number of fused-ring (bicyclic) bond motifs is 2. The van der Waals surface area contributed by atoms with Crippen molar-refractivity contribution >= 4 is 34.1 Å². The summed E-state index contributed by atoms with van der Waals surface area (Å²) in [7, 11) is 2.16. The molecule has 0 unspecified atom stereocenters. The van der Waals surface area contributed by atoms with Gasteiger partial charge in [-0.05, 0) is 62.4 Å². The summed E-state index contributed by atoms with van der Waals surface area (Å²) in [6, 6.07) is 18.1. The van der Waals surface area contributed by atoms with Gasteiger partial charge < -0.3 is 30.3 Å². The minimum atomic E-state index is -0.401. The fourth-order valence-electron chi connectivity index (χ4n) is 6.33. The van der Waals surface area contributed by atoms with Gasteiger partial charge in [0.25, 0.3) is 5.91 Å². The minimum Gasteiger partial charge on any atom is -0.488 e. The summed E-state index contributed by atoms with van der Waals surface area (Å²) in [4.78, 5) is 30.9. The van der Waals surface area contributed by atoms with Gasteiger partial charge in [0.2, 0.25) is 0 Å². The summed E-state index contributed by atoms with van der Waals surface area (Å²) >= 11 is 0. The lowest BCUT2D eigenvalue weighted by atomic mass is 9.89. The summed E-state index contributed by atoms with van der Waals surface area (Å²) in [6.07, 6.45) is 6.41. The second kappa shape index (κ2) is 13.6. The van der Waals surface area contributed by atoms with Gasteiger partial charge in [-0.3, -0.25) is 4.79 Å². The van der Waals surface area contributed by atoms with Gasteiger partial charge in [-0.25, -0.2) is 4.79 Å². The molecule has 1 fully saturated rings. The molecule has 0 aromatic heterocycles. The van der Waals surface area contributed by atoms with Gasteiger partial charge in [0.1, 0.15) is 11.9 Å². The molecule has 2 aliphatic rings. The number of hydrogen-bond donors (Lipinski definition) is 3. The highest BCUT2D eigenvalue weighted by Gasteiger charge is 2.34. The summed E-state index contributed by atoms with van der Waals surface area (Å²) in [6.45, 7) is 6.11. The van der Waals surface area contributed by atoms with Crippen LogP contribution in [-0.2, 0) is 0 Å². The molecule has 0 saturated heterocycles. The molecule has 3 N–H and O–H groups in total. The largest absolute Gasteiger partial charge is 0.488 e. The molecule has 5 rings (SSSR count). The molecule has 3 amide bonds. The Kier molecular flexibility index (Phi) is 9.65. The van der Waals surface area contributed by atoms with Crippen molar-refractivity contribution in [1.29, 1.82) is 0 Å². The number of nitrogens with one attached hydrogen (secondary N) is 2. The number of ether oxygens (including phenoxy) is 1. The van der Waals surface area contributed by atoms with Crippen molar-refractivity contribution in [3.05, 3.63) is 66.2 Å². The van der Waals surface area contributed by atoms with Gasteiger partial charge in [0.15, 0.2) is 0 Å². The number of aliphatic hydroxyl groups is 1. The predicted molar refractivity (Wildman–Crippen MR) is 168 cm³/mol. The second-order valence-corrected chi connectivity index (χ2v) is 12.2. The van der Waals surface area contributed by atoms with Crippen molar-refractivity contribution in [2.24, 2.45) is 11.8 Å². The molecule has 42 heavy (non-hydrogen) atoms. The first kappa shape index (κ1) is 29.9. The molecule has 1 aliphatic heterocycles. The molecular formula is C34H44N4O4. The van der Waals surface area contributed by atoms with Gasteiger partial charge in [-0.2, -0.15) is 0 Å². The van der Waals surface area contributed by atoms with E-state index in [1.807, 2.05) is 49.4 Å². The van der Waals surface area contributed by atoms with Crippen molar-refractivity contribution < 1.29 is 19.4 Å². The van der Waals surface area contributed by atoms with E-state index >= 15 is 0 Å². The van der Waals surface area contributed by atoms with E-state index in [2.05, 4.69) is 29.5 Å². The highest BCUT2D eigenvalue weighted by atomic mass is 16.5. The Morgan fingerprint density at radius 3 is 2.60 bits per heavy atom. The van der Waals surface area contributed by atoms with E-state index in [9.17, 15) is 14.7 Å². The van der Waals surface area contributed by atoms with Crippen LogP contribution >= 0.6 is 0 Å². The third kappa shape index (κ3) is 7.05. The molecule has 3 aromatic carbocycles. The van der Waals surface area contributed by atoms with Crippen molar-refractivity contribution in [2.75, 3.05) is 43.9 Å². The molecule has 3 aromatic rings. The fourth-order valence-corrected chi connectivity index (χ4v) is 6.33. The van der Waals surface area contributed by atoms with Crippen molar-refractivity contribution in [1.82, 2.24) is 9.80 Å². The lowest BCUT2D eigenvalue weighted by Gasteiger charge is -2.38. The topological polar surface area (TPSA) is 94.1 Å². The van der Waals surface area contributed by atoms with Gasteiger partial charge in [0.05, 0.1) is 23.9 Å². The number of rotatable bonds is 8. The average molecular weight is 573 g/mol. The zero-order valence-corrected chi connectivity index (χ0v) is 25.0. The maximum atomic E-state index is 13.8. The van der Waals surface area contributed by atoms with E-state index < -0.39 is 6.03 Å². The fraction of sp³-hybridized carbons (Fsp3) is 0.471. The highest BCUT2D eigenvalue weighted by molar-refractivity contribution is 6.07. The van der Waals surface area contributed by atoms with Crippen molar-refractivity contribution in [2.45, 2.75) is 58.1 Å². The Bertz CT molecular complexity index is 1380. The standard InChI is InChI=1S/C34H44N4O4/c1-23-19-38(24(2)22-39)33(40)29-18-27(35-34(41)36-30-15-9-13-26-12-7-8-14-28(26)30)16-17-31(29)42-32(23)21-37(3)20-25-10-5-4-6-11-25/h7-9,12-18,23-25,32,39H,4-6,10-11,19-22H2,1-3H3,(H2,35,36,41)/t23-,24+,32+/m1/s1. The molecule has 1 heterocycles. The number of benzene rings is 3. The first-order valence-corrected chi connectivity index (χ1v) is 15.3. The van der Waals surface area contributed by atoms with Gasteiger partial charge in [0, 0.05) is 36.6 Å². The monoisotopic (exact) mass is 572 g/mol. The molecule has 224 valence electrons. The number of carbonyl (C=O) groups excluding carboxylic acids is 2. The summed E-state index contributed by atoms with van der Waals surface area (Å²) in [5.41, 5.74) is 1.57. The molecule has 0 radical (unpaired) electrons. The molecular weight excluding hydrogens is 528 g/mol. The van der Waals surface area contributed by atoms with E-state index in [0.717, 1.165) is 29.8 Å². The van der Waals surface area contributed by atoms with Crippen LogP contribution in [-0.4, -0.2) is 72.3 Å². The lowest BCUT2D eigenvalue weighted by Crippen LogP contribution is -2.50. The Balaban J connectivity index is 1.35. The maximum absolute atomic E-state index is 13.8. The normalized spacial score (nSPS) is 20.4. The number of nitrogens with zero attached hydrogens (tertiary/aromatic N) is 2. The second-order valence-electron chi connectivity index (χ2n) is 12.2. The van der Waals surface area contributed by atoms with Crippen molar-refractivity contribution in [3.63, 3.8) is 0 Å². The Morgan fingerprint density at radius 1 is 1.05 bits per heavy atom. The highest BCUT2D eigenvalue weighted by Crippen LogP contribution is 2.32. The number of urea groups is 1. The molecule has 3 atom stereocenters. The van der Waals surface area contributed by atoms with Crippen molar-refractivity contribution in [3.8, 4) is 5.75 Å². The van der Waals surface area contributed by atoms with Crippen LogP contribution in [0.2, 0.25) is 0 Å². The van der Waals surface area contributed by atoms with Crippen LogP contribution in [0.5, 0.6) is 5.75 Å². The Labute approximate surface area is 249 Å². The zero-order chi connectivity index (χ0) is 29.6. The van der Waals surface area contributed by atoms with E-state index in [-0.39, 0.29) is 30.6 Å². The number of carbonyl (C=O) groups is 2. The zero-order valence-electron chi connectivity index (χ0n) is 25.0. The first-order valence-electron chi connectivity index (χ1n) is 15.3. The molecule has 1 aliphatic carbocycles. The minimum absolute atomic E-state index is 0.0641. The number of hydrogen-bond acceptors (Lipinski definition) is 5.